The molecule has 0 saturated carbocycles. The highest BCUT2D eigenvalue weighted by atomic mass is 32.1. The van der Waals surface area contributed by atoms with E-state index in [4.69, 9.17) is 9.47 Å². The monoisotopic (exact) mass is 384 g/mol. The van der Waals surface area contributed by atoms with Gasteiger partial charge in [0.05, 0.1) is 25.3 Å². The maximum atomic E-state index is 13.9. The first-order valence-electron chi connectivity index (χ1n) is 8.58. The maximum absolute atomic E-state index is 13.9. The molecule has 27 heavy (non-hydrogen) atoms. The van der Waals surface area contributed by atoms with Gasteiger partial charge in [-0.3, -0.25) is 4.79 Å². The van der Waals surface area contributed by atoms with Crippen molar-refractivity contribution in [1.29, 1.82) is 0 Å². The molecule has 0 saturated heterocycles. The third-order valence-electron chi connectivity index (χ3n) is 4.03. The van der Waals surface area contributed by atoms with Crippen LogP contribution >= 0.6 is 11.3 Å². The van der Waals surface area contributed by atoms with Gasteiger partial charge in [-0.2, -0.15) is 0 Å². The molecule has 0 unspecified atom stereocenters. The first-order valence-corrected chi connectivity index (χ1v) is 9.46. The minimum atomic E-state index is -0.324. The largest absolute Gasteiger partial charge is 0.490 e. The molecule has 1 aromatic heterocycles. The van der Waals surface area contributed by atoms with Crippen molar-refractivity contribution < 1.29 is 18.7 Å². The SMILES string of the molecule is O=C(Cc1csc(-c2ccccc2F)n1)Nc1ccc2c(c1)OCCCO2. The van der Waals surface area contributed by atoms with Crippen molar-refractivity contribution >= 4 is 22.9 Å². The molecular weight excluding hydrogens is 367 g/mol. The highest BCUT2D eigenvalue weighted by molar-refractivity contribution is 7.13. The van der Waals surface area contributed by atoms with Crippen molar-refractivity contribution in [3.05, 3.63) is 59.4 Å². The van der Waals surface area contributed by atoms with Crippen molar-refractivity contribution in [3.8, 4) is 22.1 Å². The zero-order valence-corrected chi connectivity index (χ0v) is 15.2. The zero-order chi connectivity index (χ0) is 18.6. The minimum absolute atomic E-state index is 0.111. The lowest BCUT2D eigenvalue weighted by Gasteiger charge is -2.10. The van der Waals surface area contributed by atoms with E-state index in [1.54, 1.807) is 41.8 Å². The van der Waals surface area contributed by atoms with Gasteiger partial charge in [-0.15, -0.1) is 11.3 Å². The highest BCUT2D eigenvalue weighted by Gasteiger charge is 2.14. The van der Waals surface area contributed by atoms with Crippen LogP contribution in [-0.4, -0.2) is 24.1 Å². The summed E-state index contributed by atoms with van der Waals surface area (Å²) in [5, 5.41) is 5.17. The van der Waals surface area contributed by atoms with Gasteiger partial charge in [0.25, 0.3) is 0 Å². The Morgan fingerprint density at radius 2 is 1.96 bits per heavy atom. The Bertz CT molecular complexity index is 973. The summed E-state index contributed by atoms with van der Waals surface area (Å²) < 4.78 is 25.1. The first-order chi connectivity index (χ1) is 13.2. The number of thiazole rings is 1. The average molecular weight is 384 g/mol. The van der Waals surface area contributed by atoms with Crippen LogP contribution in [0.5, 0.6) is 11.5 Å². The number of fused-ring (bicyclic) bond motifs is 1. The second kappa shape index (κ2) is 7.75. The van der Waals surface area contributed by atoms with Crippen LogP contribution in [0.2, 0.25) is 0 Å². The number of hydrogen-bond acceptors (Lipinski definition) is 5. The molecule has 0 atom stereocenters. The molecule has 1 amide bonds. The normalized spacial score (nSPS) is 13.1. The second-order valence-electron chi connectivity index (χ2n) is 6.06. The van der Waals surface area contributed by atoms with Gasteiger partial charge >= 0.3 is 0 Å². The van der Waals surface area contributed by atoms with E-state index in [1.165, 1.54) is 17.4 Å². The fourth-order valence-corrected chi connectivity index (χ4v) is 3.60. The van der Waals surface area contributed by atoms with Gasteiger partial charge in [0.15, 0.2) is 11.5 Å². The number of hydrogen-bond donors (Lipinski definition) is 1. The van der Waals surface area contributed by atoms with Crippen LogP contribution in [0.3, 0.4) is 0 Å². The number of carbonyl (C=O) groups is 1. The van der Waals surface area contributed by atoms with Crippen molar-refractivity contribution in [2.45, 2.75) is 12.8 Å². The van der Waals surface area contributed by atoms with Crippen molar-refractivity contribution in [2.24, 2.45) is 0 Å². The van der Waals surface area contributed by atoms with Crippen LogP contribution in [0.4, 0.5) is 10.1 Å². The van der Waals surface area contributed by atoms with Crippen molar-refractivity contribution in [3.63, 3.8) is 0 Å². The topological polar surface area (TPSA) is 60.5 Å². The smallest absolute Gasteiger partial charge is 0.230 e. The predicted molar refractivity (Wildman–Crippen MR) is 102 cm³/mol. The summed E-state index contributed by atoms with van der Waals surface area (Å²) in [5.74, 6) is 0.783. The van der Waals surface area contributed by atoms with Crippen LogP contribution in [0.15, 0.2) is 47.8 Å². The van der Waals surface area contributed by atoms with Gasteiger partial charge < -0.3 is 14.8 Å². The Morgan fingerprint density at radius 1 is 1.15 bits per heavy atom. The van der Waals surface area contributed by atoms with Crippen molar-refractivity contribution in [1.82, 2.24) is 4.98 Å². The van der Waals surface area contributed by atoms with E-state index in [0.717, 1.165) is 6.42 Å². The second-order valence-corrected chi connectivity index (χ2v) is 6.92. The van der Waals surface area contributed by atoms with Gasteiger partial charge in [-0.25, -0.2) is 9.37 Å². The zero-order valence-electron chi connectivity index (χ0n) is 14.4. The van der Waals surface area contributed by atoms with Gasteiger partial charge in [-0.05, 0) is 24.3 Å². The molecule has 1 aliphatic heterocycles. The molecule has 0 fully saturated rings. The molecule has 4 rings (SSSR count). The summed E-state index contributed by atoms with van der Waals surface area (Å²) >= 11 is 1.32. The van der Waals surface area contributed by atoms with E-state index >= 15 is 0 Å². The number of carbonyl (C=O) groups excluding carboxylic acids is 1. The van der Waals surface area contributed by atoms with Crippen LogP contribution in [0.1, 0.15) is 12.1 Å². The third-order valence-corrected chi connectivity index (χ3v) is 4.95. The lowest BCUT2D eigenvalue weighted by atomic mass is 10.2. The number of nitrogens with one attached hydrogen (secondary N) is 1. The number of anilines is 1. The number of nitrogens with zero attached hydrogens (tertiary/aromatic N) is 1. The lowest BCUT2D eigenvalue weighted by Crippen LogP contribution is -2.14. The number of rotatable bonds is 4. The van der Waals surface area contributed by atoms with Gasteiger partial charge in [0.1, 0.15) is 10.8 Å². The molecule has 0 spiro atoms. The first kappa shape index (κ1) is 17.5. The van der Waals surface area contributed by atoms with Gasteiger partial charge in [-0.1, -0.05) is 12.1 Å². The summed E-state index contributed by atoms with van der Waals surface area (Å²) in [5.41, 5.74) is 1.68. The molecule has 3 aromatic rings. The summed E-state index contributed by atoms with van der Waals surface area (Å²) in [4.78, 5) is 16.7. The molecule has 5 nitrogen and oxygen atoms in total. The molecule has 1 N–H and O–H groups in total. The predicted octanol–water partition coefficient (Wildman–Crippen LogP) is 4.29. The molecule has 2 heterocycles. The maximum Gasteiger partial charge on any atom is 0.230 e. The van der Waals surface area contributed by atoms with E-state index in [9.17, 15) is 9.18 Å². The van der Waals surface area contributed by atoms with Crippen molar-refractivity contribution in [2.75, 3.05) is 18.5 Å². The molecule has 138 valence electrons. The quantitative estimate of drug-likeness (QED) is 0.729. The Balaban J connectivity index is 1.43. The summed E-state index contributed by atoms with van der Waals surface area (Å²) in [6.45, 7) is 1.20. The van der Waals surface area contributed by atoms with E-state index < -0.39 is 0 Å². The standard InChI is InChI=1S/C20H17FN2O3S/c21-16-5-2-1-4-15(16)20-23-14(12-27-20)11-19(24)22-13-6-7-17-18(10-13)26-9-3-8-25-17/h1-2,4-7,10,12H,3,8-9,11H2,(H,22,24). The van der Waals surface area contributed by atoms with E-state index in [2.05, 4.69) is 10.3 Å². The molecule has 1 aliphatic rings. The molecular formula is C20H17FN2O3S. The van der Waals surface area contributed by atoms with E-state index in [1.807, 2.05) is 0 Å². The Kier molecular flexibility index (Phi) is 5.02. The molecule has 0 aliphatic carbocycles. The number of amides is 1. The molecule has 0 radical (unpaired) electrons. The number of aromatic nitrogens is 1. The Labute approximate surface area is 159 Å². The molecule has 2 aromatic carbocycles. The van der Waals surface area contributed by atoms with E-state index in [-0.39, 0.29) is 18.1 Å². The minimum Gasteiger partial charge on any atom is -0.490 e. The van der Waals surface area contributed by atoms with Gasteiger partial charge in [0.2, 0.25) is 5.91 Å². The summed E-state index contributed by atoms with van der Waals surface area (Å²) in [7, 11) is 0. The Hall–Kier alpha value is -2.93. The van der Waals surface area contributed by atoms with Crippen LogP contribution < -0.4 is 14.8 Å². The number of benzene rings is 2. The van der Waals surface area contributed by atoms with Crippen LogP contribution in [-0.2, 0) is 11.2 Å². The van der Waals surface area contributed by atoms with Gasteiger partial charge in [0, 0.05) is 29.1 Å². The van der Waals surface area contributed by atoms with Crippen LogP contribution in [0, 0.1) is 5.82 Å². The fraction of sp³-hybridized carbons (Fsp3) is 0.200. The number of ether oxygens (including phenoxy) is 2. The molecule has 0 bridgehead atoms. The molecule has 7 heteroatoms. The number of halogens is 1. The van der Waals surface area contributed by atoms with Crippen LogP contribution in [0.25, 0.3) is 10.6 Å². The third kappa shape index (κ3) is 4.09. The Morgan fingerprint density at radius 3 is 2.81 bits per heavy atom. The fourth-order valence-electron chi connectivity index (χ4n) is 2.76. The highest BCUT2D eigenvalue weighted by Crippen LogP contribution is 2.32. The van der Waals surface area contributed by atoms with E-state index in [0.29, 0.717) is 46.7 Å². The summed E-state index contributed by atoms with van der Waals surface area (Å²) in [6, 6.07) is 11.8. The summed E-state index contributed by atoms with van der Waals surface area (Å²) in [6.07, 6.45) is 0.934. The average Bonchev–Trinajstić information content (AvgIpc) is 2.98. The lowest BCUT2D eigenvalue weighted by molar-refractivity contribution is -0.115.